The van der Waals surface area contributed by atoms with Crippen LogP contribution < -0.4 is 0 Å². The Balaban J connectivity index is 1.71. The number of benzene rings is 1. The third kappa shape index (κ3) is 4.06. The molecule has 3 rings (SSSR count). The average molecular weight is 365 g/mol. The second-order valence-electron chi connectivity index (χ2n) is 7.55. The molecule has 0 radical (unpaired) electrons. The second-order valence-corrected chi connectivity index (χ2v) is 9.19. The third-order valence-corrected chi connectivity index (χ3v) is 6.11. The first kappa shape index (κ1) is 18.4. The highest BCUT2D eigenvalue weighted by Gasteiger charge is 2.48. The maximum Gasteiger partial charge on any atom is 0.264 e. The number of likely N-dealkylation sites (tertiary alicyclic amines) is 1. The fourth-order valence-corrected chi connectivity index (χ4v) is 4.38. The lowest BCUT2D eigenvalue weighted by atomic mass is 9.63. The fourth-order valence-electron chi connectivity index (χ4n) is 3.94. The molecular formula is C19H27NO4S. The number of carbonyl (C=O) groups excluding carboxylic acids is 1. The smallest absolute Gasteiger partial charge is 0.264 e. The van der Waals surface area contributed by atoms with Gasteiger partial charge in [0.25, 0.3) is 10.1 Å². The van der Waals surface area contributed by atoms with E-state index in [1.54, 1.807) is 0 Å². The van der Waals surface area contributed by atoms with Gasteiger partial charge in [-0.05, 0) is 38.2 Å². The van der Waals surface area contributed by atoms with Crippen LogP contribution in [0.5, 0.6) is 0 Å². The minimum absolute atomic E-state index is 0.0857. The van der Waals surface area contributed by atoms with Crippen LogP contribution in [0, 0.1) is 12.8 Å². The monoisotopic (exact) mass is 365 g/mol. The number of amides is 1. The summed E-state index contributed by atoms with van der Waals surface area (Å²) >= 11 is 0. The van der Waals surface area contributed by atoms with E-state index in [0.717, 1.165) is 50.5 Å². The predicted octanol–water partition coefficient (Wildman–Crippen LogP) is 2.63. The number of nitrogens with zero attached hydrogens (tertiary/aromatic N) is 1. The molecule has 2 fully saturated rings. The molecular weight excluding hydrogens is 338 g/mol. The van der Waals surface area contributed by atoms with Crippen molar-refractivity contribution in [2.24, 2.45) is 5.92 Å². The summed E-state index contributed by atoms with van der Waals surface area (Å²) in [5.74, 6) is 0.286. The highest BCUT2D eigenvalue weighted by atomic mass is 32.2. The van der Waals surface area contributed by atoms with Crippen molar-refractivity contribution in [3.05, 3.63) is 35.4 Å². The van der Waals surface area contributed by atoms with Crippen LogP contribution in [0.1, 0.15) is 43.2 Å². The molecule has 1 amide bonds. The first-order valence-corrected chi connectivity index (χ1v) is 10.8. The van der Waals surface area contributed by atoms with Gasteiger partial charge in [-0.25, -0.2) is 0 Å². The number of carbonyl (C=O) groups is 1. The van der Waals surface area contributed by atoms with Crippen LogP contribution >= 0.6 is 0 Å². The molecule has 1 heterocycles. The van der Waals surface area contributed by atoms with Gasteiger partial charge in [-0.1, -0.05) is 36.2 Å². The van der Waals surface area contributed by atoms with Crippen LogP contribution in [0.15, 0.2) is 24.3 Å². The molecule has 1 aliphatic heterocycles. The third-order valence-electron chi connectivity index (χ3n) is 5.54. The van der Waals surface area contributed by atoms with Gasteiger partial charge in [0.15, 0.2) is 0 Å². The molecule has 1 aromatic rings. The van der Waals surface area contributed by atoms with Crippen molar-refractivity contribution in [1.82, 2.24) is 4.90 Å². The van der Waals surface area contributed by atoms with Crippen LogP contribution in [0.25, 0.3) is 0 Å². The van der Waals surface area contributed by atoms with E-state index in [-0.39, 0.29) is 23.8 Å². The maximum absolute atomic E-state index is 13.3. The molecule has 25 heavy (non-hydrogen) atoms. The summed E-state index contributed by atoms with van der Waals surface area (Å²) in [6, 6.07) is 8.31. The van der Waals surface area contributed by atoms with Crippen molar-refractivity contribution in [3.63, 3.8) is 0 Å². The summed E-state index contributed by atoms with van der Waals surface area (Å²) in [5.41, 5.74) is 1.93. The molecule has 2 aliphatic rings. The van der Waals surface area contributed by atoms with Gasteiger partial charge in [0.1, 0.15) is 0 Å². The molecule has 1 saturated carbocycles. The Morgan fingerprint density at radius 2 is 1.92 bits per heavy atom. The normalized spacial score (nSPS) is 23.1. The lowest BCUT2D eigenvalue weighted by molar-refractivity contribution is -0.143. The Labute approximate surface area is 150 Å². The minimum Gasteiger partial charge on any atom is -0.342 e. The molecule has 0 aromatic heterocycles. The molecule has 0 bridgehead atoms. The average Bonchev–Trinajstić information content (AvgIpc) is 2.53. The highest BCUT2D eigenvalue weighted by molar-refractivity contribution is 7.85. The van der Waals surface area contributed by atoms with Crippen LogP contribution in [-0.2, 0) is 24.5 Å². The van der Waals surface area contributed by atoms with Crippen molar-refractivity contribution in [1.29, 1.82) is 0 Å². The molecule has 1 atom stereocenters. The zero-order chi connectivity index (χ0) is 18.1. The van der Waals surface area contributed by atoms with E-state index < -0.39 is 10.1 Å². The zero-order valence-electron chi connectivity index (χ0n) is 15.0. The predicted molar refractivity (Wildman–Crippen MR) is 96.8 cm³/mol. The molecule has 0 N–H and O–H groups in total. The van der Waals surface area contributed by atoms with E-state index in [4.69, 9.17) is 4.18 Å². The van der Waals surface area contributed by atoms with Crippen LogP contribution in [0.4, 0.5) is 0 Å². The van der Waals surface area contributed by atoms with Gasteiger partial charge in [-0.3, -0.25) is 8.98 Å². The number of hydrogen-bond donors (Lipinski definition) is 0. The van der Waals surface area contributed by atoms with Crippen LogP contribution in [-0.4, -0.2) is 45.2 Å². The highest BCUT2D eigenvalue weighted by Crippen LogP contribution is 2.45. The molecule has 1 unspecified atom stereocenters. The van der Waals surface area contributed by atoms with Crippen molar-refractivity contribution in [2.45, 2.75) is 44.4 Å². The van der Waals surface area contributed by atoms with E-state index >= 15 is 0 Å². The Kier molecular flexibility index (Phi) is 5.21. The van der Waals surface area contributed by atoms with Gasteiger partial charge in [0, 0.05) is 19.0 Å². The summed E-state index contributed by atoms with van der Waals surface area (Å²) < 4.78 is 27.4. The fraction of sp³-hybridized carbons (Fsp3) is 0.632. The number of aryl methyl sites for hydroxylation is 1. The zero-order valence-corrected chi connectivity index (χ0v) is 15.8. The van der Waals surface area contributed by atoms with Gasteiger partial charge in [-0.2, -0.15) is 8.42 Å². The van der Waals surface area contributed by atoms with Crippen molar-refractivity contribution in [2.75, 3.05) is 26.0 Å². The van der Waals surface area contributed by atoms with Crippen molar-refractivity contribution in [3.8, 4) is 0 Å². The van der Waals surface area contributed by atoms with E-state index in [1.165, 1.54) is 5.56 Å². The van der Waals surface area contributed by atoms with Gasteiger partial charge >= 0.3 is 0 Å². The summed E-state index contributed by atoms with van der Waals surface area (Å²) in [7, 11) is -3.43. The first-order chi connectivity index (χ1) is 11.8. The van der Waals surface area contributed by atoms with Gasteiger partial charge < -0.3 is 4.90 Å². The number of rotatable bonds is 5. The summed E-state index contributed by atoms with van der Waals surface area (Å²) in [6.07, 6.45) is 5.74. The largest absolute Gasteiger partial charge is 0.342 e. The molecule has 1 aromatic carbocycles. The lowest BCUT2D eigenvalue weighted by Crippen LogP contribution is -2.54. The van der Waals surface area contributed by atoms with Crippen molar-refractivity contribution >= 4 is 16.0 Å². The van der Waals surface area contributed by atoms with Gasteiger partial charge in [-0.15, -0.1) is 0 Å². The van der Waals surface area contributed by atoms with Crippen LogP contribution in [0.2, 0.25) is 0 Å². The Bertz CT molecular complexity index is 722. The Morgan fingerprint density at radius 3 is 2.48 bits per heavy atom. The molecule has 1 saturated heterocycles. The van der Waals surface area contributed by atoms with E-state index in [9.17, 15) is 13.2 Å². The molecule has 6 heteroatoms. The Morgan fingerprint density at radius 1 is 1.24 bits per heavy atom. The second kappa shape index (κ2) is 7.08. The summed E-state index contributed by atoms with van der Waals surface area (Å²) in [4.78, 5) is 15.2. The molecule has 5 nitrogen and oxygen atoms in total. The minimum atomic E-state index is -3.43. The quantitative estimate of drug-likeness (QED) is 0.753. The molecule has 138 valence electrons. The Hall–Kier alpha value is -1.40. The standard InChI is InChI=1S/C19H27NO4S/c1-15-6-8-17(9-7-15)19(10-4-11-19)18(21)20-12-3-5-16(13-20)14-24-25(2,22)23/h6-9,16H,3-5,10-14H2,1-2H3. The number of hydrogen-bond acceptors (Lipinski definition) is 4. The lowest BCUT2D eigenvalue weighted by Gasteiger charge is -2.46. The maximum atomic E-state index is 13.3. The van der Waals surface area contributed by atoms with Crippen molar-refractivity contribution < 1.29 is 17.4 Å². The SMILES string of the molecule is Cc1ccc(C2(C(=O)N3CCCC(COS(C)(=O)=O)C3)CCC2)cc1. The van der Waals surface area contributed by atoms with Gasteiger partial charge in [0.2, 0.25) is 5.91 Å². The van der Waals surface area contributed by atoms with E-state index in [0.29, 0.717) is 6.54 Å². The summed E-state index contributed by atoms with van der Waals surface area (Å²) in [5, 5.41) is 0. The molecule has 0 spiro atoms. The topological polar surface area (TPSA) is 63.7 Å². The van der Waals surface area contributed by atoms with Gasteiger partial charge in [0.05, 0.1) is 18.3 Å². The van der Waals surface area contributed by atoms with E-state index in [1.807, 2.05) is 4.90 Å². The number of piperidine rings is 1. The first-order valence-electron chi connectivity index (χ1n) is 9.01. The van der Waals surface area contributed by atoms with Crippen LogP contribution in [0.3, 0.4) is 0 Å². The molecule has 1 aliphatic carbocycles. The van der Waals surface area contributed by atoms with E-state index in [2.05, 4.69) is 31.2 Å². The summed E-state index contributed by atoms with van der Waals surface area (Å²) in [6.45, 7) is 3.56.